The van der Waals surface area contributed by atoms with Crippen LogP contribution < -0.4 is 10.6 Å². The van der Waals surface area contributed by atoms with Crippen LogP contribution in [0.5, 0.6) is 0 Å². The molecule has 0 aliphatic carbocycles. The molecule has 4 rings (SSSR count). The largest absolute Gasteiger partial charge is 0.459 e. The SMILES string of the molecule is Cc1c(NC(=O)c2ccco2)cccc1C(=O)N1CC[C@]2(CCCNC2)C1. The molecule has 1 aromatic heterocycles. The molecule has 2 N–H and O–H groups in total. The van der Waals surface area contributed by atoms with Gasteiger partial charge in [0.05, 0.1) is 6.26 Å². The van der Waals surface area contributed by atoms with Crippen LogP contribution in [0.1, 0.15) is 45.7 Å². The summed E-state index contributed by atoms with van der Waals surface area (Å²) in [6.45, 7) is 5.55. The van der Waals surface area contributed by atoms with Gasteiger partial charge in [-0.3, -0.25) is 9.59 Å². The van der Waals surface area contributed by atoms with Crippen molar-refractivity contribution in [2.45, 2.75) is 26.2 Å². The molecular weight excluding hydrogens is 342 g/mol. The minimum Gasteiger partial charge on any atom is -0.459 e. The van der Waals surface area contributed by atoms with E-state index in [1.807, 2.05) is 30.0 Å². The highest BCUT2D eigenvalue weighted by Gasteiger charge is 2.41. The van der Waals surface area contributed by atoms with E-state index in [4.69, 9.17) is 4.42 Å². The Balaban J connectivity index is 1.50. The third-order valence-electron chi connectivity index (χ3n) is 5.84. The lowest BCUT2D eigenvalue weighted by Crippen LogP contribution is -2.42. The number of piperidine rings is 1. The number of nitrogens with zero attached hydrogens (tertiary/aromatic N) is 1. The lowest BCUT2D eigenvalue weighted by molar-refractivity contribution is 0.0763. The summed E-state index contributed by atoms with van der Waals surface area (Å²) in [4.78, 5) is 27.4. The Morgan fingerprint density at radius 1 is 1.22 bits per heavy atom. The van der Waals surface area contributed by atoms with E-state index in [0.717, 1.165) is 38.2 Å². The molecule has 0 saturated carbocycles. The van der Waals surface area contributed by atoms with Gasteiger partial charge in [0, 0.05) is 36.3 Å². The second kappa shape index (κ2) is 7.19. The molecule has 6 heteroatoms. The van der Waals surface area contributed by atoms with E-state index >= 15 is 0 Å². The molecular formula is C21H25N3O3. The number of hydrogen-bond acceptors (Lipinski definition) is 4. The highest BCUT2D eigenvalue weighted by atomic mass is 16.3. The predicted octanol–water partition coefficient (Wildman–Crippen LogP) is 3.06. The van der Waals surface area contributed by atoms with Gasteiger partial charge in [-0.2, -0.15) is 0 Å². The first-order valence-corrected chi connectivity index (χ1v) is 9.52. The van der Waals surface area contributed by atoms with Gasteiger partial charge in [0.1, 0.15) is 0 Å². The van der Waals surface area contributed by atoms with Crippen LogP contribution in [-0.4, -0.2) is 42.9 Å². The Labute approximate surface area is 158 Å². The maximum absolute atomic E-state index is 13.1. The van der Waals surface area contributed by atoms with Crippen molar-refractivity contribution in [3.63, 3.8) is 0 Å². The summed E-state index contributed by atoms with van der Waals surface area (Å²) in [7, 11) is 0. The molecule has 0 radical (unpaired) electrons. The molecule has 6 nitrogen and oxygen atoms in total. The van der Waals surface area contributed by atoms with Crippen molar-refractivity contribution in [3.8, 4) is 0 Å². The second-order valence-electron chi connectivity index (χ2n) is 7.67. The molecule has 2 aromatic rings. The maximum Gasteiger partial charge on any atom is 0.291 e. The molecule has 2 saturated heterocycles. The first-order valence-electron chi connectivity index (χ1n) is 9.52. The van der Waals surface area contributed by atoms with Crippen molar-refractivity contribution in [1.82, 2.24) is 10.2 Å². The average Bonchev–Trinajstić information content (AvgIpc) is 3.34. The second-order valence-corrected chi connectivity index (χ2v) is 7.67. The molecule has 0 unspecified atom stereocenters. The lowest BCUT2D eigenvalue weighted by Gasteiger charge is -2.33. The van der Waals surface area contributed by atoms with Gasteiger partial charge in [-0.1, -0.05) is 6.07 Å². The van der Waals surface area contributed by atoms with Gasteiger partial charge in [0.25, 0.3) is 11.8 Å². The number of rotatable bonds is 3. The van der Waals surface area contributed by atoms with E-state index < -0.39 is 0 Å². The fourth-order valence-corrected chi connectivity index (χ4v) is 4.25. The smallest absolute Gasteiger partial charge is 0.291 e. The minimum absolute atomic E-state index is 0.0454. The Morgan fingerprint density at radius 3 is 2.85 bits per heavy atom. The number of furan rings is 1. The third kappa shape index (κ3) is 3.49. The summed E-state index contributed by atoms with van der Waals surface area (Å²) in [6, 6.07) is 8.74. The van der Waals surface area contributed by atoms with Crippen LogP contribution in [0.4, 0.5) is 5.69 Å². The molecule has 3 heterocycles. The zero-order chi connectivity index (χ0) is 18.9. The summed E-state index contributed by atoms with van der Waals surface area (Å²) >= 11 is 0. The van der Waals surface area contributed by atoms with Gasteiger partial charge in [0.2, 0.25) is 0 Å². The van der Waals surface area contributed by atoms with E-state index in [1.165, 1.54) is 19.1 Å². The molecule has 1 aromatic carbocycles. The van der Waals surface area contributed by atoms with E-state index in [-0.39, 0.29) is 23.0 Å². The highest BCUT2D eigenvalue weighted by molar-refractivity contribution is 6.04. The van der Waals surface area contributed by atoms with Gasteiger partial charge in [0.15, 0.2) is 5.76 Å². The van der Waals surface area contributed by atoms with Gasteiger partial charge in [-0.25, -0.2) is 0 Å². The predicted molar refractivity (Wildman–Crippen MR) is 103 cm³/mol. The number of carbonyl (C=O) groups is 2. The van der Waals surface area contributed by atoms with Crippen molar-refractivity contribution in [2.24, 2.45) is 5.41 Å². The van der Waals surface area contributed by atoms with Gasteiger partial charge in [-0.15, -0.1) is 0 Å². The highest BCUT2D eigenvalue weighted by Crippen LogP contribution is 2.37. The van der Waals surface area contributed by atoms with Crippen molar-refractivity contribution in [3.05, 3.63) is 53.5 Å². The normalized spacial score (nSPS) is 22.2. The number of likely N-dealkylation sites (tertiary alicyclic amines) is 1. The Kier molecular flexibility index (Phi) is 4.74. The van der Waals surface area contributed by atoms with Gasteiger partial charge < -0.3 is 20.0 Å². The lowest BCUT2D eigenvalue weighted by atomic mass is 9.80. The summed E-state index contributed by atoms with van der Waals surface area (Å²) in [6.07, 6.45) is 4.88. The number of amides is 2. The first kappa shape index (κ1) is 17.8. The monoisotopic (exact) mass is 367 g/mol. The number of hydrogen-bond donors (Lipinski definition) is 2. The summed E-state index contributed by atoms with van der Waals surface area (Å²) < 4.78 is 5.14. The number of anilines is 1. The number of benzene rings is 1. The Bertz CT molecular complexity index is 838. The van der Waals surface area contributed by atoms with Crippen LogP contribution in [0.3, 0.4) is 0 Å². The molecule has 0 bridgehead atoms. The summed E-state index contributed by atoms with van der Waals surface area (Å²) in [5.74, 6) is -0.0254. The zero-order valence-corrected chi connectivity index (χ0v) is 15.6. The number of carbonyl (C=O) groups excluding carboxylic acids is 2. The molecule has 2 fully saturated rings. The fraction of sp³-hybridized carbons (Fsp3) is 0.429. The van der Waals surface area contributed by atoms with Crippen LogP contribution in [0.15, 0.2) is 41.0 Å². The molecule has 27 heavy (non-hydrogen) atoms. The van der Waals surface area contributed by atoms with Crippen LogP contribution in [0.25, 0.3) is 0 Å². The average molecular weight is 367 g/mol. The third-order valence-corrected chi connectivity index (χ3v) is 5.84. The first-order chi connectivity index (χ1) is 13.1. The van der Waals surface area contributed by atoms with E-state index in [9.17, 15) is 9.59 Å². The van der Waals surface area contributed by atoms with Crippen molar-refractivity contribution in [2.75, 3.05) is 31.5 Å². The Morgan fingerprint density at radius 2 is 2.11 bits per heavy atom. The minimum atomic E-state index is -0.318. The van der Waals surface area contributed by atoms with Gasteiger partial charge >= 0.3 is 0 Å². The van der Waals surface area contributed by atoms with Crippen molar-refractivity contribution in [1.29, 1.82) is 0 Å². The fourth-order valence-electron chi connectivity index (χ4n) is 4.25. The number of nitrogens with one attached hydrogen (secondary N) is 2. The van der Waals surface area contributed by atoms with Crippen molar-refractivity contribution >= 4 is 17.5 Å². The summed E-state index contributed by atoms with van der Waals surface area (Å²) in [5.41, 5.74) is 2.29. The zero-order valence-electron chi connectivity index (χ0n) is 15.6. The molecule has 2 aliphatic rings. The molecule has 1 atom stereocenters. The topological polar surface area (TPSA) is 74.6 Å². The Hall–Kier alpha value is -2.60. The van der Waals surface area contributed by atoms with Crippen LogP contribution >= 0.6 is 0 Å². The van der Waals surface area contributed by atoms with Crippen LogP contribution in [0.2, 0.25) is 0 Å². The van der Waals surface area contributed by atoms with Crippen molar-refractivity contribution < 1.29 is 14.0 Å². The molecule has 142 valence electrons. The quantitative estimate of drug-likeness (QED) is 0.874. The summed E-state index contributed by atoms with van der Waals surface area (Å²) in [5, 5.41) is 6.32. The maximum atomic E-state index is 13.1. The standard InChI is InChI=1S/C21H25N3O3/c1-15-16(5-2-6-17(15)23-19(25)18-7-3-12-27-18)20(26)24-11-9-21(14-24)8-4-10-22-13-21/h2-3,5-7,12,22H,4,8-11,13-14H2,1H3,(H,23,25)/t21-/m0/s1. The van der Waals surface area contributed by atoms with Crippen LogP contribution in [-0.2, 0) is 0 Å². The van der Waals surface area contributed by atoms with Gasteiger partial charge in [-0.05, 0) is 62.6 Å². The molecule has 2 amide bonds. The van der Waals surface area contributed by atoms with E-state index in [0.29, 0.717) is 11.3 Å². The van der Waals surface area contributed by atoms with Crippen LogP contribution in [0, 0.1) is 12.3 Å². The van der Waals surface area contributed by atoms with E-state index in [2.05, 4.69) is 10.6 Å². The molecule has 1 spiro atoms. The van der Waals surface area contributed by atoms with E-state index in [1.54, 1.807) is 12.1 Å². The molecule has 2 aliphatic heterocycles.